The second kappa shape index (κ2) is 7.78. The van der Waals surface area contributed by atoms with Gasteiger partial charge in [-0.25, -0.2) is 0 Å². The summed E-state index contributed by atoms with van der Waals surface area (Å²) in [6.45, 7) is 2.66. The van der Waals surface area contributed by atoms with Crippen LogP contribution in [0.25, 0.3) is 10.9 Å². The number of nitrogens with one attached hydrogen (secondary N) is 1. The second-order valence-corrected chi connectivity index (χ2v) is 8.43. The highest BCUT2D eigenvalue weighted by molar-refractivity contribution is 6.31. The van der Waals surface area contributed by atoms with Crippen LogP contribution < -0.4 is 4.74 Å². The smallest absolute Gasteiger partial charge is 0.254 e. The number of aromatic nitrogens is 1. The molecule has 5 rings (SSSR count). The van der Waals surface area contributed by atoms with Crippen LogP contribution in [0.5, 0.6) is 5.75 Å². The molecule has 1 aliphatic heterocycles. The van der Waals surface area contributed by atoms with Crippen molar-refractivity contribution in [2.24, 2.45) is 0 Å². The first kappa shape index (κ1) is 19.7. The van der Waals surface area contributed by atoms with Gasteiger partial charge in [-0.2, -0.15) is 0 Å². The maximum absolute atomic E-state index is 13.6. The van der Waals surface area contributed by atoms with Crippen LogP contribution in [0.4, 0.5) is 0 Å². The minimum Gasteiger partial charge on any atom is -0.497 e. The maximum atomic E-state index is 13.6. The molecule has 4 aromatic rings. The van der Waals surface area contributed by atoms with Crippen LogP contribution >= 0.6 is 11.6 Å². The summed E-state index contributed by atoms with van der Waals surface area (Å²) in [6, 6.07) is 21.4. The molecule has 1 amide bonds. The van der Waals surface area contributed by atoms with Gasteiger partial charge >= 0.3 is 0 Å². The predicted molar refractivity (Wildman–Crippen MR) is 124 cm³/mol. The highest BCUT2D eigenvalue weighted by Gasteiger charge is 2.35. The minimum absolute atomic E-state index is 0.0307. The van der Waals surface area contributed by atoms with Gasteiger partial charge in [-0.1, -0.05) is 41.4 Å². The van der Waals surface area contributed by atoms with Crippen molar-refractivity contribution in [2.45, 2.75) is 19.4 Å². The van der Waals surface area contributed by atoms with Crippen LogP contribution in [0.2, 0.25) is 5.02 Å². The van der Waals surface area contributed by atoms with Gasteiger partial charge in [-0.3, -0.25) is 4.79 Å². The van der Waals surface area contributed by atoms with Crippen LogP contribution in [0.1, 0.15) is 38.8 Å². The van der Waals surface area contributed by atoms with E-state index in [0.29, 0.717) is 17.1 Å². The van der Waals surface area contributed by atoms with E-state index >= 15 is 0 Å². The molecule has 3 aromatic carbocycles. The molecule has 4 nitrogen and oxygen atoms in total. The van der Waals surface area contributed by atoms with Gasteiger partial charge in [0, 0.05) is 33.7 Å². The van der Waals surface area contributed by atoms with E-state index < -0.39 is 0 Å². The molecule has 1 aliphatic rings. The Kier molecular flexibility index (Phi) is 4.95. The van der Waals surface area contributed by atoms with Crippen molar-refractivity contribution in [3.05, 3.63) is 99.7 Å². The lowest BCUT2D eigenvalue weighted by atomic mass is 9.91. The molecule has 0 fully saturated rings. The zero-order valence-electron chi connectivity index (χ0n) is 17.5. The summed E-state index contributed by atoms with van der Waals surface area (Å²) < 4.78 is 5.34. The first-order valence-electron chi connectivity index (χ1n) is 10.4. The second-order valence-electron chi connectivity index (χ2n) is 8.00. The number of carbonyl (C=O) groups is 1. The molecule has 0 aliphatic carbocycles. The van der Waals surface area contributed by atoms with Crippen LogP contribution in [0, 0.1) is 6.92 Å². The first-order chi connectivity index (χ1) is 15.0. The van der Waals surface area contributed by atoms with Crippen LogP contribution in [-0.4, -0.2) is 29.4 Å². The normalized spacial score (nSPS) is 15.7. The number of fused-ring (bicyclic) bond motifs is 3. The Morgan fingerprint density at radius 2 is 1.81 bits per heavy atom. The summed E-state index contributed by atoms with van der Waals surface area (Å²) in [6.07, 6.45) is 0.778. The monoisotopic (exact) mass is 430 g/mol. The van der Waals surface area contributed by atoms with Gasteiger partial charge in [0.2, 0.25) is 0 Å². The molecule has 1 aromatic heterocycles. The maximum Gasteiger partial charge on any atom is 0.254 e. The Morgan fingerprint density at radius 3 is 2.52 bits per heavy atom. The molecule has 2 heterocycles. The van der Waals surface area contributed by atoms with Gasteiger partial charge in [0.15, 0.2) is 0 Å². The van der Waals surface area contributed by atoms with Crippen LogP contribution in [-0.2, 0) is 6.42 Å². The highest BCUT2D eigenvalue weighted by atomic mass is 35.5. The fourth-order valence-electron chi connectivity index (χ4n) is 4.47. The Morgan fingerprint density at radius 1 is 1.06 bits per heavy atom. The quantitative estimate of drug-likeness (QED) is 0.438. The number of amides is 1. The summed E-state index contributed by atoms with van der Waals surface area (Å²) in [5, 5.41) is 1.84. The van der Waals surface area contributed by atoms with Gasteiger partial charge in [0.1, 0.15) is 5.75 Å². The molecule has 0 saturated carbocycles. The Labute approximate surface area is 186 Å². The number of hydrogen-bond acceptors (Lipinski definition) is 2. The SMILES string of the molecule is COc1ccc(C2c3[nH]c4ccc(Cl)cc4c3CCN2C(=O)c2ccc(C)cc2)cc1. The molecule has 0 radical (unpaired) electrons. The van der Waals surface area contributed by atoms with Crippen molar-refractivity contribution < 1.29 is 9.53 Å². The molecule has 1 unspecified atom stereocenters. The van der Waals surface area contributed by atoms with Crippen molar-refractivity contribution in [1.82, 2.24) is 9.88 Å². The molecule has 0 spiro atoms. The number of H-pyrrole nitrogens is 1. The fraction of sp³-hybridized carbons (Fsp3) is 0.192. The summed E-state index contributed by atoms with van der Waals surface area (Å²) in [5.74, 6) is 0.822. The molecule has 0 saturated heterocycles. The molecule has 5 heteroatoms. The molecule has 1 atom stereocenters. The number of carbonyl (C=O) groups excluding carboxylic acids is 1. The third-order valence-corrected chi connectivity index (χ3v) is 6.32. The zero-order valence-corrected chi connectivity index (χ0v) is 18.2. The summed E-state index contributed by atoms with van der Waals surface area (Å²) in [5.41, 5.74) is 6.20. The lowest BCUT2D eigenvalue weighted by Gasteiger charge is -2.36. The number of aromatic amines is 1. The summed E-state index contributed by atoms with van der Waals surface area (Å²) >= 11 is 6.28. The lowest BCUT2D eigenvalue weighted by Crippen LogP contribution is -2.40. The van der Waals surface area contributed by atoms with E-state index in [0.717, 1.165) is 39.9 Å². The van der Waals surface area contributed by atoms with Gasteiger partial charge in [0.05, 0.1) is 13.2 Å². The van der Waals surface area contributed by atoms with Gasteiger partial charge in [-0.05, 0) is 66.9 Å². The number of ether oxygens (including phenoxy) is 1. The number of halogens is 1. The molecular formula is C26H23ClN2O2. The number of methoxy groups -OCH3 is 1. The number of hydrogen-bond donors (Lipinski definition) is 1. The zero-order chi connectivity index (χ0) is 21.5. The Balaban J connectivity index is 1.65. The van der Waals surface area contributed by atoms with E-state index in [1.165, 1.54) is 5.56 Å². The topological polar surface area (TPSA) is 45.3 Å². The van der Waals surface area contributed by atoms with Crippen molar-refractivity contribution in [3.63, 3.8) is 0 Å². The van der Waals surface area contributed by atoms with Crippen molar-refractivity contribution in [2.75, 3.05) is 13.7 Å². The minimum atomic E-state index is -0.213. The average Bonchev–Trinajstić information content (AvgIpc) is 3.16. The standard InChI is InChI=1S/C26H23ClN2O2/c1-16-3-5-18(6-4-16)26(30)29-14-13-21-22-15-19(27)9-12-23(22)28-24(21)25(29)17-7-10-20(31-2)11-8-17/h3-12,15,25,28H,13-14H2,1-2H3. The van der Waals surface area contributed by atoms with Crippen molar-refractivity contribution >= 4 is 28.4 Å². The van der Waals surface area contributed by atoms with E-state index in [9.17, 15) is 4.79 Å². The Bertz CT molecular complexity index is 1260. The van der Waals surface area contributed by atoms with E-state index in [1.54, 1.807) is 7.11 Å². The van der Waals surface area contributed by atoms with Crippen molar-refractivity contribution in [1.29, 1.82) is 0 Å². The molecular weight excluding hydrogens is 408 g/mol. The largest absolute Gasteiger partial charge is 0.497 e. The molecule has 0 bridgehead atoms. The predicted octanol–water partition coefficient (Wildman–Crippen LogP) is 5.93. The lowest BCUT2D eigenvalue weighted by molar-refractivity contribution is 0.0692. The van der Waals surface area contributed by atoms with Crippen LogP contribution in [0.3, 0.4) is 0 Å². The molecule has 156 valence electrons. The number of aryl methyl sites for hydroxylation is 1. The van der Waals surface area contributed by atoms with E-state index in [4.69, 9.17) is 16.3 Å². The highest BCUT2D eigenvalue weighted by Crippen LogP contribution is 2.40. The molecule has 1 N–H and O–H groups in total. The number of nitrogens with zero attached hydrogens (tertiary/aromatic N) is 1. The van der Waals surface area contributed by atoms with Crippen molar-refractivity contribution in [3.8, 4) is 5.75 Å². The third-order valence-electron chi connectivity index (χ3n) is 6.08. The van der Waals surface area contributed by atoms with E-state index in [1.807, 2.05) is 78.6 Å². The van der Waals surface area contributed by atoms with Gasteiger partial charge in [0.25, 0.3) is 5.91 Å². The fourth-order valence-corrected chi connectivity index (χ4v) is 4.65. The van der Waals surface area contributed by atoms with E-state index in [2.05, 4.69) is 4.98 Å². The first-order valence-corrected chi connectivity index (χ1v) is 10.7. The Hall–Kier alpha value is -3.24. The third kappa shape index (κ3) is 3.47. The van der Waals surface area contributed by atoms with E-state index in [-0.39, 0.29) is 11.9 Å². The summed E-state index contributed by atoms with van der Waals surface area (Å²) in [7, 11) is 1.66. The average molecular weight is 431 g/mol. The summed E-state index contributed by atoms with van der Waals surface area (Å²) in [4.78, 5) is 19.1. The van der Waals surface area contributed by atoms with Gasteiger partial charge in [-0.15, -0.1) is 0 Å². The van der Waals surface area contributed by atoms with Gasteiger partial charge < -0.3 is 14.6 Å². The molecule has 31 heavy (non-hydrogen) atoms. The van der Waals surface area contributed by atoms with Crippen LogP contribution in [0.15, 0.2) is 66.7 Å². The number of rotatable bonds is 3. The number of benzene rings is 3.